The Morgan fingerprint density at radius 2 is 2.03 bits per heavy atom. The Labute approximate surface area is 204 Å². The van der Waals surface area contributed by atoms with Gasteiger partial charge in [0.05, 0.1) is 26.4 Å². The molecule has 0 saturated carbocycles. The van der Waals surface area contributed by atoms with Gasteiger partial charge in [0.2, 0.25) is 0 Å². The quantitative estimate of drug-likeness (QED) is 0.268. The average Bonchev–Trinajstić information content (AvgIpc) is 3.20. The number of thiophene rings is 1. The molecular weight excluding hydrogens is 501 g/mol. The maximum atomic E-state index is 13.3. The van der Waals surface area contributed by atoms with Gasteiger partial charge in [-0.15, -0.1) is 11.3 Å². The number of halogens is 2. The molecule has 0 atom stereocenters. The van der Waals surface area contributed by atoms with Gasteiger partial charge < -0.3 is 10.1 Å². The largest absolute Gasteiger partial charge is 0.487 e. The van der Waals surface area contributed by atoms with Gasteiger partial charge in [-0.3, -0.25) is 4.18 Å². The van der Waals surface area contributed by atoms with Crippen LogP contribution in [-0.2, 0) is 20.9 Å². The van der Waals surface area contributed by atoms with Crippen LogP contribution >= 0.6 is 22.9 Å². The highest BCUT2D eigenvalue weighted by atomic mass is 35.5. The first-order valence-electron chi connectivity index (χ1n) is 9.78. The van der Waals surface area contributed by atoms with E-state index in [1.165, 1.54) is 29.8 Å². The fourth-order valence-electron chi connectivity index (χ4n) is 2.88. The standard InChI is InChI=1S/C23H17ClFN3O4S2/c1-34(29,30)32-9-3-6-18-12-20-22(33-18)23(27-14-26-20)28-17-7-8-21(19(24)11-17)31-13-15-4-2-5-16(25)10-15/h2,4-5,7-8,10-12,14H,9,13H2,1H3,(H,26,27,28). The lowest BCUT2D eigenvalue weighted by molar-refractivity contribution is 0.306. The molecule has 2 aromatic heterocycles. The SMILES string of the molecule is CS(=O)(=O)OCC#Cc1cc2ncnc(Nc3ccc(OCc4cccc(F)c4)c(Cl)c3)c2s1. The average molecular weight is 518 g/mol. The van der Waals surface area contributed by atoms with Crippen LogP contribution in [0.5, 0.6) is 5.75 Å². The van der Waals surface area contributed by atoms with Gasteiger partial charge in [-0.05, 0) is 42.0 Å². The van der Waals surface area contributed by atoms with Gasteiger partial charge in [0.15, 0.2) is 5.82 Å². The molecule has 0 saturated heterocycles. The van der Waals surface area contributed by atoms with E-state index in [9.17, 15) is 12.8 Å². The van der Waals surface area contributed by atoms with Gasteiger partial charge in [-0.1, -0.05) is 35.6 Å². The molecule has 0 unspecified atom stereocenters. The summed E-state index contributed by atoms with van der Waals surface area (Å²) in [6.07, 6.45) is 2.40. The van der Waals surface area contributed by atoms with Crippen molar-refractivity contribution in [1.29, 1.82) is 0 Å². The van der Waals surface area contributed by atoms with E-state index in [1.54, 1.807) is 36.4 Å². The van der Waals surface area contributed by atoms with Crippen molar-refractivity contribution in [3.63, 3.8) is 0 Å². The van der Waals surface area contributed by atoms with Crippen LogP contribution in [0.1, 0.15) is 10.4 Å². The van der Waals surface area contributed by atoms with Gasteiger partial charge in [-0.25, -0.2) is 14.4 Å². The van der Waals surface area contributed by atoms with Crippen LogP contribution in [0.4, 0.5) is 15.9 Å². The van der Waals surface area contributed by atoms with Gasteiger partial charge in [0.25, 0.3) is 10.1 Å². The van der Waals surface area contributed by atoms with Crippen molar-refractivity contribution >= 4 is 54.8 Å². The number of hydrogen-bond acceptors (Lipinski definition) is 8. The molecule has 0 fully saturated rings. The summed E-state index contributed by atoms with van der Waals surface area (Å²) in [7, 11) is -3.54. The normalized spacial score (nSPS) is 11.1. The lowest BCUT2D eigenvalue weighted by Crippen LogP contribution is -2.02. The molecule has 0 aliphatic carbocycles. The molecule has 0 aliphatic heterocycles. The summed E-state index contributed by atoms with van der Waals surface area (Å²) in [5.74, 6) is 6.25. The second-order valence-corrected chi connectivity index (χ2v) is 10.1. The minimum Gasteiger partial charge on any atom is -0.487 e. The summed E-state index contributed by atoms with van der Waals surface area (Å²) in [6.45, 7) is -0.0407. The van der Waals surface area contributed by atoms with Crippen LogP contribution in [0, 0.1) is 17.7 Å². The molecule has 0 spiro atoms. The summed E-state index contributed by atoms with van der Waals surface area (Å²) < 4.78 is 46.5. The van der Waals surface area contributed by atoms with Gasteiger partial charge in [0, 0.05) is 5.69 Å². The zero-order chi connectivity index (χ0) is 24.1. The van der Waals surface area contributed by atoms with Crippen molar-refractivity contribution in [3.8, 4) is 17.6 Å². The highest BCUT2D eigenvalue weighted by molar-refractivity contribution is 7.86. The molecule has 0 radical (unpaired) electrons. The topological polar surface area (TPSA) is 90.4 Å². The van der Waals surface area contributed by atoms with E-state index in [1.807, 2.05) is 0 Å². The van der Waals surface area contributed by atoms with Crippen molar-refractivity contribution in [1.82, 2.24) is 9.97 Å². The fourth-order valence-corrected chi connectivity index (χ4v) is 4.32. The predicted molar refractivity (Wildman–Crippen MR) is 131 cm³/mol. The summed E-state index contributed by atoms with van der Waals surface area (Å²) in [5.41, 5.74) is 2.07. The minimum atomic E-state index is -3.54. The first-order valence-corrected chi connectivity index (χ1v) is 12.8. The van der Waals surface area contributed by atoms with Crippen LogP contribution in [0.3, 0.4) is 0 Å². The van der Waals surface area contributed by atoms with E-state index in [0.717, 1.165) is 11.0 Å². The molecule has 7 nitrogen and oxygen atoms in total. The molecule has 0 bridgehead atoms. The molecule has 34 heavy (non-hydrogen) atoms. The first-order chi connectivity index (χ1) is 16.3. The van der Waals surface area contributed by atoms with Crippen molar-refractivity contribution in [2.45, 2.75) is 6.61 Å². The maximum Gasteiger partial charge on any atom is 0.265 e. The van der Waals surface area contributed by atoms with Gasteiger partial charge in [0.1, 0.15) is 31.1 Å². The van der Waals surface area contributed by atoms with E-state index >= 15 is 0 Å². The van der Waals surface area contributed by atoms with Crippen LogP contribution in [-0.4, -0.2) is 31.2 Å². The Hall–Kier alpha value is -3.23. The van der Waals surface area contributed by atoms with E-state index in [0.29, 0.717) is 38.2 Å². The predicted octanol–water partition coefficient (Wildman–Crippen LogP) is 5.13. The van der Waals surface area contributed by atoms with Gasteiger partial charge >= 0.3 is 0 Å². The fraction of sp³-hybridized carbons (Fsp3) is 0.130. The molecular formula is C23H17ClFN3O4S2. The summed E-state index contributed by atoms with van der Waals surface area (Å²) in [4.78, 5) is 9.25. The number of benzene rings is 2. The van der Waals surface area contributed by atoms with Crippen LogP contribution in [0.2, 0.25) is 5.02 Å². The molecule has 0 aliphatic rings. The smallest absolute Gasteiger partial charge is 0.265 e. The number of anilines is 2. The van der Waals surface area contributed by atoms with Crippen molar-refractivity contribution in [3.05, 3.63) is 76.1 Å². The van der Waals surface area contributed by atoms with Crippen LogP contribution in [0.25, 0.3) is 10.2 Å². The molecule has 11 heteroatoms. The molecule has 1 N–H and O–H groups in total. The Morgan fingerprint density at radius 3 is 2.79 bits per heavy atom. The zero-order valence-electron chi connectivity index (χ0n) is 17.7. The summed E-state index contributed by atoms with van der Waals surface area (Å²) in [6, 6.07) is 13.2. The maximum absolute atomic E-state index is 13.3. The summed E-state index contributed by atoms with van der Waals surface area (Å²) in [5, 5.41) is 3.60. The highest BCUT2D eigenvalue weighted by Crippen LogP contribution is 2.33. The molecule has 2 aromatic carbocycles. The minimum absolute atomic E-state index is 0.186. The number of hydrogen-bond donors (Lipinski definition) is 1. The third kappa shape index (κ3) is 6.42. The second kappa shape index (κ2) is 10.4. The van der Waals surface area contributed by atoms with E-state index in [4.69, 9.17) is 16.3 Å². The molecule has 174 valence electrons. The lowest BCUT2D eigenvalue weighted by atomic mass is 10.2. The third-order valence-corrected chi connectivity index (χ3v) is 6.23. The number of rotatable bonds is 7. The van der Waals surface area contributed by atoms with Crippen LogP contribution in [0.15, 0.2) is 54.9 Å². The number of fused-ring (bicyclic) bond motifs is 1. The molecule has 2 heterocycles. The van der Waals surface area contributed by atoms with E-state index in [-0.39, 0.29) is 19.0 Å². The Kier molecular flexibility index (Phi) is 7.29. The molecule has 4 aromatic rings. The number of nitrogens with one attached hydrogen (secondary N) is 1. The number of aromatic nitrogens is 2. The van der Waals surface area contributed by atoms with E-state index < -0.39 is 10.1 Å². The van der Waals surface area contributed by atoms with Crippen molar-refractivity contribution < 1.29 is 21.7 Å². The zero-order valence-corrected chi connectivity index (χ0v) is 20.1. The Bertz CT molecular complexity index is 1510. The summed E-state index contributed by atoms with van der Waals surface area (Å²) >= 11 is 7.74. The Balaban J connectivity index is 1.47. The van der Waals surface area contributed by atoms with Crippen LogP contribution < -0.4 is 10.1 Å². The molecule has 0 amide bonds. The molecule has 4 rings (SSSR count). The van der Waals surface area contributed by atoms with Gasteiger partial charge in [-0.2, -0.15) is 8.42 Å². The number of ether oxygens (including phenoxy) is 1. The first kappa shape index (κ1) is 23.9. The third-order valence-electron chi connectivity index (χ3n) is 4.35. The van der Waals surface area contributed by atoms with E-state index in [2.05, 4.69) is 31.3 Å². The lowest BCUT2D eigenvalue weighted by Gasteiger charge is -2.11. The monoisotopic (exact) mass is 517 g/mol. The second-order valence-electron chi connectivity index (χ2n) is 7.00. The number of nitrogens with zero attached hydrogens (tertiary/aromatic N) is 2. The highest BCUT2D eigenvalue weighted by Gasteiger charge is 2.10. The van der Waals surface area contributed by atoms with Crippen molar-refractivity contribution in [2.24, 2.45) is 0 Å². The Morgan fingerprint density at radius 1 is 1.18 bits per heavy atom. The van der Waals surface area contributed by atoms with Crippen molar-refractivity contribution in [2.75, 3.05) is 18.2 Å².